The predicted molar refractivity (Wildman–Crippen MR) is 111 cm³/mol. The molecule has 2 aliphatic rings. The second-order valence-electron chi connectivity index (χ2n) is 7.77. The molecule has 0 spiro atoms. The molecule has 0 saturated carbocycles. The summed E-state index contributed by atoms with van der Waals surface area (Å²) in [6, 6.07) is 16.4. The third-order valence-electron chi connectivity index (χ3n) is 5.93. The maximum Gasteiger partial charge on any atom is 0.328 e. The highest BCUT2D eigenvalue weighted by molar-refractivity contribution is 5.98. The fourth-order valence-electron chi connectivity index (χ4n) is 4.36. The maximum atomic E-state index is 13.4. The number of carbonyl (C=O) groups is 3. The molecule has 0 radical (unpaired) electrons. The van der Waals surface area contributed by atoms with Crippen LogP contribution >= 0.6 is 0 Å². The fraction of sp³-hybridized carbons (Fsp3) is 0.375. The Hall–Kier alpha value is -3.15. The van der Waals surface area contributed by atoms with E-state index < -0.39 is 18.1 Å². The van der Waals surface area contributed by atoms with E-state index in [1.54, 1.807) is 11.8 Å². The smallest absolute Gasteiger partial charge is 0.328 e. The highest BCUT2D eigenvalue weighted by Gasteiger charge is 2.45. The summed E-state index contributed by atoms with van der Waals surface area (Å²) in [5.74, 6) is -0.738. The van der Waals surface area contributed by atoms with Crippen LogP contribution in [-0.4, -0.2) is 52.8 Å². The van der Waals surface area contributed by atoms with E-state index in [-0.39, 0.29) is 25.0 Å². The third-order valence-corrected chi connectivity index (χ3v) is 5.93. The highest BCUT2D eigenvalue weighted by atomic mass is 16.5. The number of nitrogens with zero attached hydrogens (tertiary/aromatic N) is 2. The van der Waals surface area contributed by atoms with Gasteiger partial charge in [0.15, 0.2) is 0 Å². The normalized spacial score (nSPS) is 19.2. The molecule has 0 aliphatic carbocycles. The molecule has 2 aliphatic heterocycles. The number of piperazine rings is 1. The molecular weight excluding hydrogens is 380 g/mol. The zero-order chi connectivity index (χ0) is 21.1. The quantitative estimate of drug-likeness (QED) is 0.691. The molecule has 2 aromatic carbocycles. The van der Waals surface area contributed by atoms with Gasteiger partial charge in [0.25, 0.3) is 0 Å². The van der Waals surface area contributed by atoms with Gasteiger partial charge in [-0.1, -0.05) is 54.6 Å². The van der Waals surface area contributed by atoms with Gasteiger partial charge in [-0.3, -0.25) is 9.59 Å². The van der Waals surface area contributed by atoms with Crippen LogP contribution in [0.2, 0.25) is 0 Å². The van der Waals surface area contributed by atoms with E-state index in [0.29, 0.717) is 25.8 Å². The van der Waals surface area contributed by atoms with Crippen LogP contribution < -0.4 is 0 Å². The van der Waals surface area contributed by atoms with Crippen molar-refractivity contribution >= 4 is 17.8 Å². The minimum Gasteiger partial charge on any atom is -0.464 e. The summed E-state index contributed by atoms with van der Waals surface area (Å²) in [5.41, 5.74) is 3.24. The number of rotatable bonds is 6. The molecule has 156 valence electrons. The number of aryl methyl sites for hydroxylation is 1. The molecule has 2 atom stereocenters. The monoisotopic (exact) mass is 406 g/mol. The van der Waals surface area contributed by atoms with Crippen molar-refractivity contribution in [1.29, 1.82) is 0 Å². The van der Waals surface area contributed by atoms with Gasteiger partial charge >= 0.3 is 5.97 Å². The molecule has 0 bridgehead atoms. The number of fused-ring (bicyclic) bond motifs is 2. The first-order chi connectivity index (χ1) is 14.6. The van der Waals surface area contributed by atoms with Crippen molar-refractivity contribution in [2.45, 2.75) is 44.8 Å². The molecule has 6 nitrogen and oxygen atoms in total. The summed E-state index contributed by atoms with van der Waals surface area (Å²) in [4.78, 5) is 42.2. The Morgan fingerprint density at radius 2 is 1.73 bits per heavy atom. The second-order valence-corrected chi connectivity index (χ2v) is 7.77. The molecule has 2 unspecified atom stereocenters. The van der Waals surface area contributed by atoms with Crippen molar-refractivity contribution in [2.24, 2.45) is 0 Å². The van der Waals surface area contributed by atoms with Crippen LogP contribution in [0.3, 0.4) is 0 Å². The lowest BCUT2D eigenvalue weighted by Gasteiger charge is -2.45. The van der Waals surface area contributed by atoms with Crippen molar-refractivity contribution in [1.82, 2.24) is 9.80 Å². The first-order valence-electron chi connectivity index (χ1n) is 10.5. The summed E-state index contributed by atoms with van der Waals surface area (Å²) >= 11 is 0. The van der Waals surface area contributed by atoms with E-state index in [1.165, 1.54) is 4.90 Å². The number of hydrogen-bond acceptors (Lipinski definition) is 4. The van der Waals surface area contributed by atoms with Crippen LogP contribution in [0, 0.1) is 0 Å². The van der Waals surface area contributed by atoms with Crippen molar-refractivity contribution in [3.63, 3.8) is 0 Å². The van der Waals surface area contributed by atoms with E-state index in [2.05, 4.69) is 0 Å². The molecule has 4 rings (SSSR count). The van der Waals surface area contributed by atoms with Gasteiger partial charge in [-0.05, 0) is 36.5 Å². The lowest BCUT2D eigenvalue weighted by Crippen LogP contribution is -2.64. The Labute approximate surface area is 176 Å². The van der Waals surface area contributed by atoms with Gasteiger partial charge < -0.3 is 14.5 Å². The van der Waals surface area contributed by atoms with E-state index in [1.807, 2.05) is 54.6 Å². The van der Waals surface area contributed by atoms with Crippen molar-refractivity contribution < 1.29 is 19.1 Å². The summed E-state index contributed by atoms with van der Waals surface area (Å²) in [7, 11) is 0. The average molecular weight is 406 g/mol. The lowest BCUT2D eigenvalue weighted by atomic mass is 9.90. The molecule has 1 fully saturated rings. The largest absolute Gasteiger partial charge is 0.464 e. The topological polar surface area (TPSA) is 66.9 Å². The maximum absolute atomic E-state index is 13.4. The molecule has 2 amide bonds. The zero-order valence-electron chi connectivity index (χ0n) is 17.1. The molecule has 2 aromatic rings. The van der Waals surface area contributed by atoms with Gasteiger partial charge in [-0.2, -0.15) is 0 Å². The van der Waals surface area contributed by atoms with Gasteiger partial charge in [0.05, 0.1) is 6.61 Å². The molecule has 2 heterocycles. The highest BCUT2D eigenvalue weighted by Crippen LogP contribution is 2.29. The van der Waals surface area contributed by atoms with E-state index in [4.69, 9.17) is 4.74 Å². The fourth-order valence-corrected chi connectivity index (χ4v) is 4.36. The molecular formula is C24H26N2O4. The Morgan fingerprint density at radius 1 is 1.03 bits per heavy atom. The van der Waals surface area contributed by atoms with Crippen LogP contribution in [0.1, 0.15) is 30.0 Å². The van der Waals surface area contributed by atoms with Gasteiger partial charge in [0.2, 0.25) is 11.8 Å². The van der Waals surface area contributed by atoms with Gasteiger partial charge in [0, 0.05) is 13.0 Å². The summed E-state index contributed by atoms with van der Waals surface area (Å²) < 4.78 is 5.26. The number of ether oxygens (including phenoxy) is 1. The first kappa shape index (κ1) is 20.1. The van der Waals surface area contributed by atoms with Crippen LogP contribution in [-0.2, 0) is 38.5 Å². The van der Waals surface area contributed by atoms with Crippen LogP contribution in [0.25, 0.3) is 0 Å². The van der Waals surface area contributed by atoms with Crippen LogP contribution in [0.4, 0.5) is 0 Å². The minimum atomic E-state index is -0.763. The SMILES string of the molecule is CCOC(=O)C(CCc1ccccc1)N1CC(=O)N2Cc3ccccc3CC2C1=O. The summed E-state index contributed by atoms with van der Waals surface area (Å²) in [5, 5.41) is 0. The van der Waals surface area contributed by atoms with Crippen molar-refractivity contribution in [3.8, 4) is 0 Å². The minimum absolute atomic E-state index is 0.0875. The Bertz CT molecular complexity index is 943. The number of hydrogen-bond donors (Lipinski definition) is 0. The zero-order valence-corrected chi connectivity index (χ0v) is 17.1. The number of amides is 2. The second kappa shape index (κ2) is 8.69. The number of carbonyl (C=O) groups excluding carboxylic acids is 3. The van der Waals surface area contributed by atoms with Crippen molar-refractivity contribution in [2.75, 3.05) is 13.2 Å². The van der Waals surface area contributed by atoms with Crippen molar-refractivity contribution in [3.05, 3.63) is 71.3 Å². The van der Waals surface area contributed by atoms with Gasteiger partial charge in [-0.25, -0.2) is 4.79 Å². The van der Waals surface area contributed by atoms with Gasteiger partial charge in [-0.15, -0.1) is 0 Å². The average Bonchev–Trinajstić information content (AvgIpc) is 2.77. The Kier molecular flexibility index (Phi) is 5.84. The number of benzene rings is 2. The Morgan fingerprint density at radius 3 is 2.47 bits per heavy atom. The van der Waals surface area contributed by atoms with E-state index in [9.17, 15) is 14.4 Å². The molecule has 0 aromatic heterocycles. The molecule has 6 heteroatoms. The number of esters is 1. The third kappa shape index (κ3) is 3.95. The lowest BCUT2D eigenvalue weighted by molar-refractivity contribution is -0.166. The molecule has 0 N–H and O–H groups in total. The van der Waals surface area contributed by atoms with Crippen LogP contribution in [0.15, 0.2) is 54.6 Å². The molecule has 30 heavy (non-hydrogen) atoms. The standard InChI is InChI=1S/C24H26N2O4/c1-2-30-24(29)20(13-12-17-8-4-3-5-9-17)26-16-22(27)25-15-19-11-7-6-10-18(19)14-21(25)23(26)28/h3-11,20-21H,2,12-16H2,1H3. The van der Waals surface area contributed by atoms with E-state index >= 15 is 0 Å². The molecule has 1 saturated heterocycles. The summed E-state index contributed by atoms with van der Waals surface area (Å²) in [6.45, 7) is 2.33. The first-order valence-corrected chi connectivity index (χ1v) is 10.5. The van der Waals surface area contributed by atoms with Gasteiger partial charge in [0.1, 0.15) is 18.6 Å². The van der Waals surface area contributed by atoms with E-state index in [0.717, 1.165) is 16.7 Å². The Balaban J connectivity index is 1.57. The predicted octanol–water partition coefficient (Wildman–Crippen LogP) is 2.35. The van der Waals surface area contributed by atoms with Crippen LogP contribution in [0.5, 0.6) is 0 Å². The summed E-state index contributed by atoms with van der Waals surface area (Å²) in [6.07, 6.45) is 1.52.